The van der Waals surface area contributed by atoms with Crippen molar-refractivity contribution in [3.63, 3.8) is 0 Å². The number of anilines is 1. The second-order valence-electron chi connectivity index (χ2n) is 4.90. The Hall–Kier alpha value is -2.84. The van der Waals surface area contributed by atoms with Gasteiger partial charge in [0.05, 0.1) is 5.69 Å². The standard InChI is InChI=1S/C14H11F3N4O2/c1-7-10(11(18)12-13(19-7)21-23-20-12)6-8-3-2-4-9(5-8)22-14(15,16)17/h2-5H,6,18H2,1H3. The molecule has 0 radical (unpaired) electrons. The number of hydrogen-bond donors (Lipinski definition) is 1. The predicted octanol–water partition coefficient (Wildman–Crippen LogP) is 3.00. The van der Waals surface area contributed by atoms with Crippen LogP contribution < -0.4 is 10.5 Å². The highest BCUT2D eigenvalue weighted by Crippen LogP contribution is 2.28. The Kier molecular flexibility index (Phi) is 3.55. The zero-order valence-electron chi connectivity index (χ0n) is 11.9. The van der Waals surface area contributed by atoms with Crippen LogP contribution in [0.15, 0.2) is 28.9 Å². The monoisotopic (exact) mass is 324 g/mol. The summed E-state index contributed by atoms with van der Waals surface area (Å²) in [6.07, 6.45) is -4.46. The average molecular weight is 324 g/mol. The molecule has 0 amide bonds. The van der Waals surface area contributed by atoms with Crippen LogP contribution >= 0.6 is 0 Å². The number of pyridine rings is 1. The van der Waals surface area contributed by atoms with E-state index in [0.717, 1.165) is 0 Å². The first-order valence-electron chi connectivity index (χ1n) is 6.55. The maximum atomic E-state index is 12.3. The van der Waals surface area contributed by atoms with Gasteiger partial charge in [-0.05, 0) is 34.9 Å². The highest BCUT2D eigenvalue weighted by atomic mass is 19.4. The molecule has 3 rings (SSSR count). The maximum absolute atomic E-state index is 12.3. The van der Waals surface area contributed by atoms with Gasteiger partial charge in [0.2, 0.25) is 5.65 Å². The maximum Gasteiger partial charge on any atom is 0.573 e. The second kappa shape index (κ2) is 5.41. The van der Waals surface area contributed by atoms with Crippen molar-refractivity contribution in [2.24, 2.45) is 0 Å². The summed E-state index contributed by atoms with van der Waals surface area (Å²) >= 11 is 0. The molecule has 0 unspecified atom stereocenters. The number of alkyl halides is 3. The SMILES string of the molecule is Cc1nc2nonc2c(N)c1Cc1cccc(OC(F)(F)F)c1. The minimum atomic E-state index is -4.74. The molecule has 0 saturated heterocycles. The molecule has 0 aliphatic carbocycles. The molecule has 0 spiro atoms. The van der Waals surface area contributed by atoms with Crippen molar-refractivity contribution in [3.05, 3.63) is 41.1 Å². The number of aromatic nitrogens is 3. The molecule has 1 aromatic carbocycles. The van der Waals surface area contributed by atoms with E-state index in [-0.39, 0.29) is 17.8 Å². The molecule has 2 aromatic heterocycles. The number of halogens is 3. The zero-order valence-corrected chi connectivity index (χ0v) is 11.9. The Morgan fingerprint density at radius 2 is 2.04 bits per heavy atom. The smallest absolute Gasteiger partial charge is 0.406 e. The number of aryl methyl sites for hydroxylation is 1. The van der Waals surface area contributed by atoms with E-state index >= 15 is 0 Å². The number of nitrogens with zero attached hydrogens (tertiary/aromatic N) is 3. The van der Waals surface area contributed by atoms with E-state index in [9.17, 15) is 13.2 Å². The van der Waals surface area contributed by atoms with Gasteiger partial charge in [-0.1, -0.05) is 12.1 Å². The van der Waals surface area contributed by atoms with Crippen molar-refractivity contribution in [1.29, 1.82) is 0 Å². The Labute approximate surface area is 128 Å². The first-order chi connectivity index (χ1) is 10.8. The second-order valence-corrected chi connectivity index (χ2v) is 4.90. The summed E-state index contributed by atoms with van der Waals surface area (Å²) in [4.78, 5) is 4.22. The molecule has 23 heavy (non-hydrogen) atoms. The third-order valence-electron chi connectivity index (χ3n) is 3.27. The summed E-state index contributed by atoms with van der Waals surface area (Å²) in [5, 5.41) is 7.30. The van der Waals surface area contributed by atoms with E-state index in [1.54, 1.807) is 13.0 Å². The molecule has 0 bridgehead atoms. The summed E-state index contributed by atoms with van der Waals surface area (Å²) in [6.45, 7) is 1.73. The summed E-state index contributed by atoms with van der Waals surface area (Å²) in [5.41, 5.74) is 8.85. The van der Waals surface area contributed by atoms with E-state index in [1.807, 2.05) is 0 Å². The van der Waals surface area contributed by atoms with E-state index in [2.05, 4.69) is 24.7 Å². The highest BCUT2D eigenvalue weighted by molar-refractivity contribution is 5.85. The van der Waals surface area contributed by atoms with E-state index < -0.39 is 6.36 Å². The normalized spacial score (nSPS) is 11.8. The van der Waals surface area contributed by atoms with Crippen LogP contribution in [0.1, 0.15) is 16.8 Å². The fraction of sp³-hybridized carbons (Fsp3) is 0.214. The number of benzene rings is 1. The number of hydrogen-bond acceptors (Lipinski definition) is 6. The first kappa shape index (κ1) is 15.1. The molecule has 120 valence electrons. The van der Waals surface area contributed by atoms with Crippen LogP contribution in [-0.2, 0) is 6.42 Å². The Balaban J connectivity index is 1.94. The lowest BCUT2D eigenvalue weighted by Crippen LogP contribution is -2.17. The van der Waals surface area contributed by atoms with E-state index in [4.69, 9.17) is 5.73 Å². The largest absolute Gasteiger partial charge is 0.573 e. The molecule has 9 heteroatoms. The molecule has 0 aliphatic heterocycles. The summed E-state index contributed by atoms with van der Waals surface area (Å²) < 4.78 is 45.4. The third-order valence-corrected chi connectivity index (χ3v) is 3.27. The van der Waals surface area contributed by atoms with Gasteiger partial charge in [0.15, 0.2) is 5.52 Å². The lowest BCUT2D eigenvalue weighted by Gasteiger charge is -2.12. The Morgan fingerprint density at radius 1 is 1.26 bits per heavy atom. The van der Waals surface area contributed by atoms with Crippen molar-refractivity contribution < 1.29 is 22.5 Å². The fourth-order valence-corrected chi connectivity index (χ4v) is 2.27. The summed E-state index contributed by atoms with van der Waals surface area (Å²) in [6, 6.07) is 5.69. The van der Waals surface area contributed by atoms with Gasteiger partial charge in [0.25, 0.3) is 0 Å². The molecular weight excluding hydrogens is 313 g/mol. The number of nitrogens with two attached hydrogens (primary N) is 1. The Bertz CT molecular complexity index is 861. The van der Waals surface area contributed by atoms with Gasteiger partial charge in [-0.3, -0.25) is 0 Å². The molecule has 0 fully saturated rings. The molecule has 0 atom stereocenters. The van der Waals surface area contributed by atoms with Crippen molar-refractivity contribution in [2.75, 3.05) is 5.73 Å². The van der Waals surface area contributed by atoms with Crippen molar-refractivity contribution in [3.8, 4) is 5.75 Å². The molecule has 6 nitrogen and oxygen atoms in total. The molecule has 0 aliphatic rings. The topological polar surface area (TPSA) is 87.1 Å². The molecular formula is C14H11F3N4O2. The van der Waals surface area contributed by atoms with E-state index in [1.165, 1.54) is 18.2 Å². The number of nitrogen functional groups attached to an aromatic ring is 1. The molecule has 2 N–H and O–H groups in total. The van der Waals surface area contributed by atoms with Crippen LogP contribution in [0.5, 0.6) is 5.75 Å². The van der Waals surface area contributed by atoms with Crippen molar-refractivity contribution in [1.82, 2.24) is 15.3 Å². The van der Waals surface area contributed by atoms with Gasteiger partial charge in [-0.15, -0.1) is 13.2 Å². The first-order valence-corrected chi connectivity index (χ1v) is 6.55. The molecule has 0 saturated carbocycles. The highest BCUT2D eigenvalue weighted by Gasteiger charge is 2.31. The van der Waals surface area contributed by atoms with Crippen LogP contribution in [0, 0.1) is 6.92 Å². The van der Waals surface area contributed by atoms with Crippen LogP contribution in [0.2, 0.25) is 0 Å². The van der Waals surface area contributed by atoms with Crippen LogP contribution in [0.4, 0.5) is 18.9 Å². The minimum absolute atomic E-state index is 0.280. The quantitative estimate of drug-likeness (QED) is 0.797. The predicted molar refractivity (Wildman–Crippen MR) is 74.7 cm³/mol. The van der Waals surface area contributed by atoms with Gasteiger partial charge in [0, 0.05) is 17.7 Å². The van der Waals surface area contributed by atoms with Gasteiger partial charge < -0.3 is 10.5 Å². The molecule has 3 aromatic rings. The lowest BCUT2D eigenvalue weighted by atomic mass is 10.0. The number of fused-ring (bicyclic) bond motifs is 1. The van der Waals surface area contributed by atoms with E-state index in [0.29, 0.717) is 28.0 Å². The van der Waals surface area contributed by atoms with Crippen molar-refractivity contribution >= 4 is 16.9 Å². The van der Waals surface area contributed by atoms with Gasteiger partial charge in [0.1, 0.15) is 5.75 Å². The van der Waals surface area contributed by atoms with Crippen LogP contribution in [-0.4, -0.2) is 21.7 Å². The average Bonchev–Trinajstić information content (AvgIpc) is 2.90. The summed E-state index contributed by atoms with van der Waals surface area (Å²) in [7, 11) is 0. The van der Waals surface area contributed by atoms with Gasteiger partial charge >= 0.3 is 6.36 Å². The van der Waals surface area contributed by atoms with Crippen LogP contribution in [0.3, 0.4) is 0 Å². The zero-order chi connectivity index (χ0) is 16.6. The lowest BCUT2D eigenvalue weighted by molar-refractivity contribution is -0.274. The third kappa shape index (κ3) is 3.17. The summed E-state index contributed by atoms with van der Waals surface area (Å²) in [5.74, 6) is -0.289. The fourth-order valence-electron chi connectivity index (χ4n) is 2.27. The van der Waals surface area contributed by atoms with Gasteiger partial charge in [-0.2, -0.15) is 0 Å². The van der Waals surface area contributed by atoms with Crippen molar-refractivity contribution in [2.45, 2.75) is 19.7 Å². The van der Waals surface area contributed by atoms with Crippen LogP contribution in [0.25, 0.3) is 11.2 Å². The van der Waals surface area contributed by atoms with Gasteiger partial charge in [-0.25, -0.2) is 9.61 Å². The number of rotatable bonds is 3. The molecule has 2 heterocycles. The minimum Gasteiger partial charge on any atom is -0.406 e. The number of ether oxygens (including phenoxy) is 1. The Morgan fingerprint density at radius 3 is 2.78 bits per heavy atom.